The van der Waals surface area contributed by atoms with Crippen LogP contribution in [0.2, 0.25) is 0 Å². The Morgan fingerprint density at radius 2 is 1.76 bits per heavy atom. The number of nitrogens with one attached hydrogen (secondary N) is 1. The minimum Gasteiger partial charge on any atom is -0.464 e. The summed E-state index contributed by atoms with van der Waals surface area (Å²) >= 11 is 0. The summed E-state index contributed by atoms with van der Waals surface area (Å²) in [6, 6.07) is 0. The monoisotopic (exact) mass is 414 g/mol. The standard InChI is InChI=1S/C11H19NO5.C9H15NO2/c1-2-17-10(13)8-16-9-11(12(14)15)6-4-3-5-7-11;11-8-6-12-7-9(10-8)4-2-1-3-5-9/h2-9H2,1H3;1-7H2,(H,10,11). The predicted octanol–water partition coefficient (Wildman–Crippen LogP) is 2.38. The lowest BCUT2D eigenvalue weighted by Crippen LogP contribution is -2.57. The SMILES string of the molecule is CCOC(=O)COCC1([N+](=O)[O-])CCCCC1.O=C1COCC2(CCCCC2)N1. The molecule has 9 heteroatoms. The van der Waals surface area contributed by atoms with E-state index in [0.29, 0.717) is 19.4 Å². The van der Waals surface area contributed by atoms with Crippen molar-refractivity contribution in [2.45, 2.75) is 82.2 Å². The molecule has 1 aliphatic heterocycles. The third-order valence-electron chi connectivity index (χ3n) is 5.89. The summed E-state index contributed by atoms with van der Waals surface area (Å²) in [7, 11) is 0. The maximum atomic E-state index is 11.1. The topological polar surface area (TPSA) is 117 Å². The van der Waals surface area contributed by atoms with E-state index in [1.54, 1.807) is 6.92 Å². The zero-order valence-corrected chi connectivity index (χ0v) is 17.4. The molecule has 0 unspecified atom stereocenters. The van der Waals surface area contributed by atoms with Gasteiger partial charge < -0.3 is 19.5 Å². The molecule has 2 aliphatic carbocycles. The minimum absolute atomic E-state index is 0.00118. The fourth-order valence-electron chi connectivity index (χ4n) is 4.32. The van der Waals surface area contributed by atoms with E-state index in [4.69, 9.17) is 14.2 Å². The molecule has 1 saturated heterocycles. The van der Waals surface area contributed by atoms with Gasteiger partial charge in [-0.05, 0) is 32.6 Å². The molecule has 1 heterocycles. The van der Waals surface area contributed by atoms with Crippen LogP contribution in [0.25, 0.3) is 0 Å². The first-order valence-electron chi connectivity index (χ1n) is 10.7. The number of nitro groups is 1. The fourth-order valence-corrected chi connectivity index (χ4v) is 4.32. The summed E-state index contributed by atoms with van der Waals surface area (Å²) in [5, 5.41) is 14.2. The lowest BCUT2D eigenvalue weighted by Gasteiger charge is -2.40. The van der Waals surface area contributed by atoms with Gasteiger partial charge in [0.15, 0.2) is 0 Å². The van der Waals surface area contributed by atoms with Gasteiger partial charge in [0.1, 0.15) is 19.8 Å². The van der Waals surface area contributed by atoms with E-state index in [1.807, 2.05) is 0 Å². The number of rotatable bonds is 6. The summed E-state index contributed by atoms with van der Waals surface area (Å²) in [5.74, 6) is -0.412. The molecule has 2 saturated carbocycles. The maximum Gasteiger partial charge on any atom is 0.332 e. The Balaban J connectivity index is 0.000000218. The van der Waals surface area contributed by atoms with Crippen molar-refractivity contribution < 1.29 is 28.7 Å². The van der Waals surface area contributed by atoms with E-state index < -0.39 is 11.5 Å². The highest BCUT2D eigenvalue weighted by Gasteiger charge is 2.44. The quantitative estimate of drug-likeness (QED) is 0.403. The van der Waals surface area contributed by atoms with Crippen LogP contribution in [-0.4, -0.2) is 60.9 Å². The van der Waals surface area contributed by atoms with Gasteiger partial charge in [-0.25, -0.2) is 4.79 Å². The zero-order chi connectivity index (χ0) is 21.2. The van der Waals surface area contributed by atoms with Crippen molar-refractivity contribution in [3.8, 4) is 0 Å². The lowest BCUT2D eigenvalue weighted by atomic mass is 9.82. The average molecular weight is 414 g/mol. The molecule has 3 aliphatic rings. The molecule has 0 radical (unpaired) electrons. The average Bonchev–Trinajstić information content (AvgIpc) is 2.70. The third kappa shape index (κ3) is 7.22. The van der Waals surface area contributed by atoms with Crippen LogP contribution in [0.4, 0.5) is 0 Å². The molecule has 0 aromatic heterocycles. The van der Waals surface area contributed by atoms with Gasteiger partial charge in [-0.2, -0.15) is 0 Å². The van der Waals surface area contributed by atoms with Crippen molar-refractivity contribution in [3.63, 3.8) is 0 Å². The van der Waals surface area contributed by atoms with Crippen LogP contribution >= 0.6 is 0 Å². The van der Waals surface area contributed by atoms with E-state index in [9.17, 15) is 19.7 Å². The number of hydrogen-bond donors (Lipinski definition) is 1. The molecule has 1 N–H and O–H groups in total. The molecular formula is C20H34N2O7. The molecule has 1 amide bonds. The molecule has 166 valence electrons. The third-order valence-corrected chi connectivity index (χ3v) is 5.89. The summed E-state index contributed by atoms with van der Waals surface area (Å²) in [5.41, 5.74) is -0.988. The Kier molecular flexibility index (Phi) is 9.29. The predicted molar refractivity (Wildman–Crippen MR) is 105 cm³/mol. The maximum absolute atomic E-state index is 11.1. The number of ether oxygens (including phenoxy) is 3. The largest absolute Gasteiger partial charge is 0.464 e. The van der Waals surface area contributed by atoms with Crippen LogP contribution in [0.3, 0.4) is 0 Å². The Morgan fingerprint density at radius 1 is 1.14 bits per heavy atom. The number of hydrogen-bond acceptors (Lipinski definition) is 7. The van der Waals surface area contributed by atoms with Crippen LogP contribution in [-0.2, 0) is 23.8 Å². The van der Waals surface area contributed by atoms with Crippen LogP contribution in [0, 0.1) is 10.1 Å². The minimum atomic E-state index is -0.995. The second-order valence-electron chi connectivity index (χ2n) is 8.22. The Bertz CT molecular complexity index is 550. The number of nitrogens with zero attached hydrogens (tertiary/aromatic N) is 1. The van der Waals surface area contributed by atoms with Gasteiger partial charge >= 0.3 is 5.97 Å². The number of morpholine rings is 1. The molecule has 29 heavy (non-hydrogen) atoms. The molecule has 0 aromatic carbocycles. The van der Waals surface area contributed by atoms with Gasteiger partial charge in [0, 0.05) is 17.8 Å². The van der Waals surface area contributed by atoms with Crippen molar-refractivity contribution >= 4 is 11.9 Å². The second-order valence-corrected chi connectivity index (χ2v) is 8.22. The molecule has 3 fully saturated rings. The summed E-state index contributed by atoms with van der Waals surface area (Å²) in [4.78, 5) is 33.0. The van der Waals surface area contributed by atoms with Crippen LogP contribution in [0.1, 0.15) is 71.1 Å². The smallest absolute Gasteiger partial charge is 0.332 e. The summed E-state index contributed by atoms with van der Waals surface area (Å²) in [6.45, 7) is 2.77. The van der Waals surface area contributed by atoms with E-state index in [-0.39, 0.29) is 36.2 Å². The molecule has 0 aromatic rings. The van der Waals surface area contributed by atoms with Gasteiger partial charge in [0.2, 0.25) is 11.4 Å². The van der Waals surface area contributed by atoms with Crippen LogP contribution in [0.15, 0.2) is 0 Å². The van der Waals surface area contributed by atoms with Crippen molar-refractivity contribution in [2.75, 3.05) is 33.0 Å². The molecule has 0 bridgehead atoms. The second kappa shape index (κ2) is 11.4. The van der Waals surface area contributed by atoms with E-state index in [1.165, 1.54) is 19.3 Å². The van der Waals surface area contributed by atoms with Crippen LogP contribution < -0.4 is 5.32 Å². The molecule has 0 atom stereocenters. The first-order valence-corrected chi connectivity index (χ1v) is 10.7. The van der Waals surface area contributed by atoms with Crippen molar-refractivity contribution in [1.82, 2.24) is 5.32 Å². The molecule has 1 spiro atoms. The number of carbonyl (C=O) groups excluding carboxylic acids is 2. The Labute approximate surface area is 172 Å². The first kappa shape index (κ1) is 23.5. The first-order chi connectivity index (χ1) is 13.9. The van der Waals surface area contributed by atoms with Gasteiger partial charge in [0.05, 0.1) is 18.8 Å². The molecule has 3 rings (SSSR count). The lowest BCUT2D eigenvalue weighted by molar-refractivity contribution is -0.579. The highest BCUT2D eigenvalue weighted by molar-refractivity contribution is 5.78. The van der Waals surface area contributed by atoms with Gasteiger partial charge in [0.25, 0.3) is 0 Å². The van der Waals surface area contributed by atoms with Crippen molar-refractivity contribution in [1.29, 1.82) is 0 Å². The van der Waals surface area contributed by atoms with Crippen molar-refractivity contribution in [2.24, 2.45) is 0 Å². The summed E-state index contributed by atoms with van der Waals surface area (Å²) in [6.07, 6.45) is 9.75. The van der Waals surface area contributed by atoms with E-state index in [2.05, 4.69) is 5.32 Å². The van der Waals surface area contributed by atoms with Gasteiger partial charge in [-0.1, -0.05) is 25.7 Å². The zero-order valence-electron chi connectivity index (χ0n) is 17.4. The number of esters is 1. The fraction of sp³-hybridized carbons (Fsp3) is 0.900. The Morgan fingerprint density at radius 3 is 2.31 bits per heavy atom. The normalized spacial score (nSPS) is 22.7. The van der Waals surface area contributed by atoms with Gasteiger partial charge in [-0.3, -0.25) is 14.9 Å². The highest BCUT2D eigenvalue weighted by atomic mass is 16.6. The number of carbonyl (C=O) groups is 2. The van der Waals surface area contributed by atoms with Crippen LogP contribution in [0.5, 0.6) is 0 Å². The summed E-state index contributed by atoms with van der Waals surface area (Å²) < 4.78 is 15.1. The Hall–Kier alpha value is -1.74. The van der Waals surface area contributed by atoms with Gasteiger partial charge in [-0.15, -0.1) is 0 Å². The highest BCUT2D eigenvalue weighted by Crippen LogP contribution is 2.31. The van der Waals surface area contributed by atoms with E-state index >= 15 is 0 Å². The number of amides is 1. The van der Waals surface area contributed by atoms with E-state index in [0.717, 1.165) is 38.7 Å². The molecule has 9 nitrogen and oxygen atoms in total. The molecular weight excluding hydrogens is 380 g/mol. The van der Waals surface area contributed by atoms with Crippen molar-refractivity contribution in [3.05, 3.63) is 10.1 Å².